The maximum atomic E-state index is 12.2. The zero-order valence-electron chi connectivity index (χ0n) is 10.2. The molecular weight excluding hydrogens is 236 g/mol. The zero-order valence-corrected chi connectivity index (χ0v) is 10.2. The van der Waals surface area contributed by atoms with E-state index >= 15 is 0 Å². The van der Waals surface area contributed by atoms with Crippen LogP contribution in [0.4, 0.5) is 4.79 Å². The van der Waals surface area contributed by atoms with Gasteiger partial charge in [-0.1, -0.05) is 12.2 Å². The number of aliphatic hydroxyl groups is 1. The number of rotatable bonds is 5. The molecule has 1 heterocycles. The first kappa shape index (κ1) is 14.2. The average molecular weight is 254 g/mol. The molecule has 100 valence electrons. The minimum absolute atomic E-state index is 0.0422. The first-order valence-corrected chi connectivity index (χ1v) is 5.69. The molecule has 0 aromatic carbocycles. The summed E-state index contributed by atoms with van der Waals surface area (Å²) >= 11 is 0. The highest BCUT2D eigenvalue weighted by atomic mass is 16.4. The lowest BCUT2D eigenvalue weighted by Crippen LogP contribution is -2.48. The van der Waals surface area contributed by atoms with Gasteiger partial charge in [0, 0.05) is 26.1 Å². The molecule has 1 aliphatic rings. The van der Waals surface area contributed by atoms with Gasteiger partial charge in [-0.2, -0.15) is 0 Å². The van der Waals surface area contributed by atoms with Gasteiger partial charge in [0.15, 0.2) is 0 Å². The Kier molecular flexibility index (Phi) is 4.91. The van der Waals surface area contributed by atoms with Gasteiger partial charge >= 0.3 is 12.0 Å². The molecule has 0 aliphatic carbocycles. The fraction of sp³-hybridized carbons (Fsp3) is 0.500. The number of carbonyl (C=O) groups excluding carboxylic acids is 1. The van der Waals surface area contributed by atoms with Gasteiger partial charge in [0.2, 0.25) is 0 Å². The highest BCUT2D eigenvalue weighted by Gasteiger charge is 2.40. The van der Waals surface area contributed by atoms with Crippen molar-refractivity contribution in [3.63, 3.8) is 0 Å². The van der Waals surface area contributed by atoms with Crippen LogP contribution in [0.15, 0.2) is 25.3 Å². The van der Waals surface area contributed by atoms with Gasteiger partial charge in [0.25, 0.3) is 0 Å². The third-order valence-corrected chi connectivity index (χ3v) is 2.78. The predicted octanol–water partition coefficient (Wildman–Crippen LogP) is 0.300. The summed E-state index contributed by atoms with van der Waals surface area (Å²) in [6.07, 6.45) is 2.40. The van der Waals surface area contributed by atoms with Crippen LogP contribution in [0.1, 0.15) is 6.42 Å². The third-order valence-electron chi connectivity index (χ3n) is 2.78. The number of carboxylic acid groups (broad SMARTS) is 1. The molecule has 0 saturated carbocycles. The third kappa shape index (κ3) is 3.10. The van der Waals surface area contributed by atoms with Crippen LogP contribution in [-0.2, 0) is 4.79 Å². The smallest absolute Gasteiger partial charge is 0.326 e. The van der Waals surface area contributed by atoms with Gasteiger partial charge in [-0.15, -0.1) is 13.2 Å². The Morgan fingerprint density at radius 2 is 1.89 bits per heavy atom. The molecule has 0 aromatic heterocycles. The number of hydrogen-bond acceptors (Lipinski definition) is 3. The molecule has 0 unspecified atom stereocenters. The maximum absolute atomic E-state index is 12.2. The lowest BCUT2D eigenvalue weighted by atomic mass is 10.2. The average Bonchev–Trinajstić information content (AvgIpc) is 2.70. The van der Waals surface area contributed by atoms with Crippen molar-refractivity contribution in [3.8, 4) is 0 Å². The fourth-order valence-corrected chi connectivity index (χ4v) is 1.98. The van der Waals surface area contributed by atoms with Crippen molar-refractivity contribution in [2.75, 3.05) is 19.6 Å². The second-order valence-corrected chi connectivity index (χ2v) is 4.16. The summed E-state index contributed by atoms with van der Waals surface area (Å²) in [5.74, 6) is -1.10. The zero-order chi connectivity index (χ0) is 13.7. The Morgan fingerprint density at radius 3 is 2.33 bits per heavy atom. The molecule has 0 radical (unpaired) electrons. The number of amides is 2. The standard InChI is InChI=1S/C12H18N2O4/c1-3-5-13(6-4-2)12(18)14-8-9(15)7-10(14)11(16)17/h3-4,9-10,15H,1-2,5-8H2,(H,16,17)/t9-,10-/m1/s1. The Balaban J connectivity index is 2.82. The number of likely N-dealkylation sites (tertiary alicyclic amines) is 1. The summed E-state index contributed by atoms with van der Waals surface area (Å²) in [6, 6.07) is -1.39. The summed E-state index contributed by atoms with van der Waals surface area (Å²) in [5, 5.41) is 18.5. The fourth-order valence-electron chi connectivity index (χ4n) is 1.98. The largest absolute Gasteiger partial charge is 0.480 e. The van der Waals surface area contributed by atoms with Gasteiger partial charge in [-0.25, -0.2) is 9.59 Å². The Labute approximate surface area is 106 Å². The van der Waals surface area contributed by atoms with Gasteiger partial charge in [-0.3, -0.25) is 0 Å². The molecule has 6 heteroatoms. The number of hydrogen-bond donors (Lipinski definition) is 2. The molecule has 0 aromatic rings. The number of urea groups is 1. The summed E-state index contributed by atoms with van der Waals surface area (Å²) < 4.78 is 0. The molecule has 1 aliphatic heterocycles. The van der Waals surface area contributed by atoms with Crippen LogP contribution in [0.3, 0.4) is 0 Å². The van der Waals surface area contributed by atoms with Crippen molar-refractivity contribution < 1.29 is 19.8 Å². The Morgan fingerprint density at radius 1 is 1.33 bits per heavy atom. The highest BCUT2D eigenvalue weighted by Crippen LogP contribution is 2.20. The minimum atomic E-state index is -1.10. The molecule has 2 amide bonds. The van der Waals surface area contributed by atoms with Crippen molar-refractivity contribution in [2.24, 2.45) is 0 Å². The second kappa shape index (κ2) is 6.20. The van der Waals surface area contributed by atoms with E-state index in [0.717, 1.165) is 0 Å². The molecule has 18 heavy (non-hydrogen) atoms. The van der Waals surface area contributed by atoms with Gasteiger partial charge in [0.05, 0.1) is 6.10 Å². The van der Waals surface area contributed by atoms with Crippen LogP contribution in [-0.4, -0.2) is 63.8 Å². The molecule has 0 bridgehead atoms. The van der Waals surface area contributed by atoms with E-state index in [0.29, 0.717) is 13.1 Å². The Hall–Kier alpha value is -1.82. The van der Waals surface area contributed by atoms with E-state index in [1.54, 1.807) is 12.2 Å². The van der Waals surface area contributed by atoms with Crippen molar-refractivity contribution in [2.45, 2.75) is 18.6 Å². The van der Waals surface area contributed by atoms with Crippen LogP contribution in [0.5, 0.6) is 0 Å². The number of nitrogens with zero attached hydrogens (tertiary/aromatic N) is 2. The van der Waals surface area contributed by atoms with Crippen LogP contribution in [0.2, 0.25) is 0 Å². The van der Waals surface area contributed by atoms with E-state index in [-0.39, 0.29) is 13.0 Å². The maximum Gasteiger partial charge on any atom is 0.326 e. The molecule has 1 saturated heterocycles. The first-order valence-electron chi connectivity index (χ1n) is 5.69. The monoisotopic (exact) mass is 254 g/mol. The van der Waals surface area contributed by atoms with Crippen molar-refractivity contribution >= 4 is 12.0 Å². The van der Waals surface area contributed by atoms with Crippen LogP contribution in [0, 0.1) is 0 Å². The summed E-state index contributed by atoms with van der Waals surface area (Å²) in [4.78, 5) is 25.8. The summed E-state index contributed by atoms with van der Waals surface area (Å²) in [6.45, 7) is 7.76. The lowest BCUT2D eigenvalue weighted by Gasteiger charge is -2.28. The topological polar surface area (TPSA) is 81.1 Å². The molecule has 1 fully saturated rings. The van der Waals surface area contributed by atoms with Crippen LogP contribution >= 0.6 is 0 Å². The van der Waals surface area contributed by atoms with E-state index in [2.05, 4.69) is 13.2 Å². The SMILES string of the molecule is C=CCN(CC=C)C(=O)N1C[C@H](O)C[C@@H]1C(=O)O. The van der Waals surface area contributed by atoms with E-state index in [1.807, 2.05) is 0 Å². The molecule has 2 N–H and O–H groups in total. The summed E-state index contributed by atoms with van der Waals surface area (Å²) in [5.41, 5.74) is 0. The van der Waals surface area contributed by atoms with Crippen LogP contribution in [0.25, 0.3) is 0 Å². The van der Waals surface area contributed by atoms with E-state index in [1.165, 1.54) is 9.80 Å². The van der Waals surface area contributed by atoms with E-state index < -0.39 is 24.1 Å². The summed E-state index contributed by atoms with van der Waals surface area (Å²) in [7, 11) is 0. The van der Waals surface area contributed by atoms with Crippen molar-refractivity contribution in [1.29, 1.82) is 0 Å². The second-order valence-electron chi connectivity index (χ2n) is 4.16. The Bertz CT molecular complexity index is 346. The molecule has 0 spiro atoms. The number of carboxylic acids is 1. The van der Waals surface area contributed by atoms with Crippen molar-refractivity contribution in [1.82, 2.24) is 9.80 Å². The van der Waals surface area contributed by atoms with E-state index in [9.17, 15) is 14.7 Å². The lowest BCUT2D eigenvalue weighted by molar-refractivity contribution is -0.141. The molecule has 6 nitrogen and oxygen atoms in total. The molecule has 2 atom stereocenters. The van der Waals surface area contributed by atoms with Crippen LogP contribution < -0.4 is 0 Å². The molecule has 1 rings (SSSR count). The van der Waals surface area contributed by atoms with Gasteiger partial charge in [-0.05, 0) is 0 Å². The van der Waals surface area contributed by atoms with E-state index in [4.69, 9.17) is 5.11 Å². The predicted molar refractivity (Wildman–Crippen MR) is 66.1 cm³/mol. The number of aliphatic carboxylic acids is 1. The number of aliphatic hydroxyl groups excluding tert-OH is 1. The number of carbonyl (C=O) groups is 2. The minimum Gasteiger partial charge on any atom is -0.480 e. The first-order chi connectivity index (χ1) is 8.51. The normalized spacial score (nSPS) is 22.6. The molecular formula is C12H18N2O4. The number of β-amino-alcohol motifs (C(OH)–C–C–N with tert-alkyl or cyclic N) is 1. The quantitative estimate of drug-likeness (QED) is 0.691. The highest BCUT2D eigenvalue weighted by molar-refractivity contribution is 5.83. The van der Waals surface area contributed by atoms with Crippen molar-refractivity contribution in [3.05, 3.63) is 25.3 Å². The van der Waals surface area contributed by atoms with Gasteiger partial charge in [0.1, 0.15) is 6.04 Å². The van der Waals surface area contributed by atoms with Gasteiger partial charge < -0.3 is 20.0 Å².